The fraction of sp³-hybridized carbons (Fsp3) is 0.700. The Labute approximate surface area is 111 Å². The van der Waals surface area contributed by atoms with Gasteiger partial charge in [-0.15, -0.1) is 10.2 Å². The van der Waals surface area contributed by atoms with Crippen LogP contribution in [0.4, 0.5) is 18.3 Å². The van der Waals surface area contributed by atoms with E-state index in [1.54, 1.807) is 0 Å². The molecule has 0 aromatic carbocycles. The van der Waals surface area contributed by atoms with Crippen molar-refractivity contribution in [2.75, 3.05) is 11.9 Å². The summed E-state index contributed by atoms with van der Waals surface area (Å²) in [5.41, 5.74) is 0. The lowest BCUT2D eigenvalue weighted by Crippen LogP contribution is -2.08. The molecule has 1 rings (SSSR count). The molecular formula is C10H14F3N3O2S. The van der Waals surface area contributed by atoms with Crippen molar-refractivity contribution in [1.82, 2.24) is 10.2 Å². The summed E-state index contributed by atoms with van der Waals surface area (Å²) in [5.74, 6) is -0.669. The largest absolute Gasteiger partial charge is 0.481 e. The summed E-state index contributed by atoms with van der Waals surface area (Å²) in [6.07, 6.45) is -3.17. The highest BCUT2D eigenvalue weighted by molar-refractivity contribution is 7.15. The molecule has 0 saturated heterocycles. The highest BCUT2D eigenvalue weighted by Gasteiger charge is 2.35. The fourth-order valence-corrected chi connectivity index (χ4v) is 1.99. The molecule has 1 unspecified atom stereocenters. The summed E-state index contributed by atoms with van der Waals surface area (Å²) >= 11 is 0.457. The molecule has 0 saturated carbocycles. The number of hydrogen-bond acceptors (Lipinski definition) is 5. The first-order chi connectivity index (χ1) is 8.79. The number of nitrogens with zero attached hydrogens (tertiary/aromatic N) is 2. The quantitative estimate of drug-likeness (QED) is 0.809. The zero-order valence-corrected chi connectivity index (χ0v) is 11.0. The molecule has 108 valence electrons. The number of hydrogen-bond donors (Lipinski definition) is 2. The highest BCUT2D eigenvalue weighted by atomic mass is 32.1. The van der Waals surface area contributed by atoms with Crippen LogP contribution in [0.25, 0.3) is 0 Å². The molecule has 9 heteroatoms. The van der Waals surface area contributed by atoms with E-state index in [1.165, 1.54) is 0 Å². The van der Waals surface area contributed by atoms with Crippen molar-refractivity contribution in [2.45, 2.75) is 32.4 Å². The Morgan fingerprint density at radius 2 is 2.11 bits per heavy atom. The molecule has 19 heavy (non-hydrogen) atoms. The van der Waals surface area contributed by atoms with Crippen molar-refractivity contribution >= 4 is 22.4 Å². The lowest BCUT2D eigenvalue weighted by atomic mass is 10.0. The average molecular weight is 297 g/mol. The van der Waals surface area contributed by atoms with Crippen molar-refractivity contribution < 1.29 is 23.1 Å². The number of anilines is 1. The highest BCUT2D eigenvalue weighted by Crippen LogP contribution is 2.32. The van der Waals surface area contributed by atoms with Crippen LogP contribution < -0.4 is 5.32 Å². The molecule has 0 aliphatic rings. The Kier molecular flexibility index (Phi) is 5.52. The van der Waals surface area contributed by atoms with Crippen molar-refractivity contribution in [3.63, 3.8) is 0 Å². The number of carbonyl (C=O) groups is 1. The number of aliphatic carboxylic acids is 1. The molecule has 0 aliphatic carbocycles. The van der Waals surface area contributed by atoms with Crippen LogP contribution in [-0.4, -0.2) is 27.8 Å². The van der Waals surface area contributed by atoms with E-state index in [-0.39, 0.29) is 17.5 Å². The van der Waals surface area contributed by atoms with Gasteiger partial charge in [-0.05, 0) is 18.8 Å². The maximum Gasteiger partial charge on any atom is 0.445 e. The van der Waals surface area contributed by atoms with E-state index in [9.17, 15) is 18.0 Å². The molecule has 1 aromatic rings. The van der Waals surface area contributed by atoms with Crippen LogP contribution in [-0.2, 0) is 11.0 Å². The predicted molar refractivity (Wildman–Crippen MR) is 64.1 cm³/mol. The minimum Gasteiger partial charge on any atom is -0.481 e. The molecule has 5 nitrogen and oxygen atoms in total. The van der Waals surface area contributed by atoms with E-state index in [0.29, 0.717) is 30.7 Å². The summed E-state index contributed by atoms with van der Waals surface area (Å²) in [4.78, 5) is 10.4. The monoisotopic (exact) mass is 297 g/mol. The summed E-state index contributed by atoms with van der Waals surface area (Å²) in [6, 6.07) is 0. The van der Waals surface area contributed by atoms with Gasteiger partial charge in [0.15, 0.2) is 0 Å². The van der Waals surface area contributed by atoms with Crippen molar-refractivity contribution in [3.8, 4) is 0 Å². The number of carboxylic acids is 1. The summed E-state index contributed by atoms with van der Waals surface area (Å²) in [7, 11) is 0. The van der Waals surface area contributed by atoms with Gasteiger partial charge < -0.3 is 10.4 Å². The van der Waals surface area contributed by atoms with Crippen molar-refractivity contribution in [2.24, 2.45) is 5.92 Å². The molecule has 1 heterocycles. The van der Waals surface area contributed by atoms with Gasteiger partial charge in [-0.25, -0.2) is 0 Å². The number of halogens is 3. The van der Waals surface area contributed by atoms with E-state index in [0.717, 1.165) is 0 Å². The minimum absolute atomic E-state index is 0.0954. The Morgan fingerprint density at radius 1 is 1.42 bits per heavy atom. The predicted octanol–water partition coefficient (Wildman–Crippen LogP) is 2.86. The molecule has 2 N–H and O–H groups in total. The van der Waals surface area contributed by atoms with Gasteiger partial charge >= 0.3 is 12.1 Å². The van der Waals surface area contributed by atoms with Gasteiger partial charge in [0, 0.05) is 13.0 Å². The second-order valence-electron chi connectivity index (χ2n) is 4.16. The molecule has 0 radical (unpaired) electrons. The van der Waals surface area contributed by atoms with E-state index in [1.807, 2.05) is 6.92 Å². The summed E-state index contributed by atoms with van der Waals surface area (Å²) < 4.78 is 36.8. The zero-order valence-electron chi connectivity index (χ0n) is 10.2. The number of carboxylic acid groups (broad SMARTS) is 1. The first-order valence-electron chi connectivity index (χ1n) is 5.65. The maximum absolute atomic E-state index is 12.3. The van der Waals surface area contributed by atoms with E-state index < -0.39 is 17.2 Å². The minimum atomic E-state index is -4.47. The van der Waals surface area contributed by atoms with Crippen molar-refractivity contribution in [1.29, 1.82) is 0 Å². The number of alkyl halides is 3. The number of rotatable bonds is 7. The second kappa shape index (κ2) is 6.69. The Balaban J connectivity index is 2.29. The molecule has 0 amide bonds. The first kappa shape index (κ1) is 15.7. The van der Waals surface area contributed by atoms with Gasteiger partial charge in [0.05, 0.1) is 0 Å². The van der Waals surface area contributed by atoms with Crippen LogP contribution in [0.5, 0.6) is 0 Å². The third kappa shape index (κ3) is 5.86. The molecule has 0 aliphatic heterocycles. The molecule has 0 fully saturated rings. The van der Waals surface area contributed by atoms with Crippen molar-refractivity contribution in [3.05, 3.63) is 5.01 Å². The molecule has 0 bridgehead atoms. The molecule has 1 aromatic heterocycles. The van der Waals surface area contributed by atoms with Crippen LogP contribution in [0.1, 0.15) is 31.2 Å². The van der Waals surface area contributed by atoms with E-state index in [4.69, 9.17) is 5.11 Å². The van der Waals surface area contributed by atoms with Gasteiger partial charge in [-0.1, -0.05) is 18.3 Å². The summed E-state index contributed by atoms with van der Waals surface area (Å²) in [6.45, 7) is 2.33. The normalized spacial score (nSPS) is 13.3. The van der Waals surface area contributed by atoms with Gasteiger partial charge in [0.1, 0.15) is 0 Å². The molecule has 0 spiro atoms. The number of nitrogens with one attached hydrogen (secondary N) is 1. The Morgan fingerprint density at radius 3 is 2.63 bits per heavy atom. The fourth-order valence-electron chi connectivity index (χ4n) is 1.35. The van der Waals surface area contributed by atoms with Gasteiger partial charge in [-0.2, -0.15) is 13.2 Å². The van der Waals surface area contributed by atoms with Gasteiger partial charge in [0.25, 0.3) is 0 Å². The van der Waals surface area contributed by atoms with Crippen LogP contribution in [0.15, 0.2) is 0 Å². The zero-order chi connectivity index (χ0) is 14.5. The smallest absolute Gasteiger partial charge is 0.445 e. The van der Waals surface area contributed by atoms with Crippen LogP contribution in [0, 0.1) is 5.92 Å². The molecular weight excluding hydrogens is 283 g/mol. The topological polar surface area (TPSA) is 75.1 Å². The lowest BCUT2D eigenvalue weighted by Gasteiger charge is -2.09. The third-order valence-corrected chi connectivity index (χ3v) is 3.36. The standard InChI is InChI=1S/C10H14F3N3O2S/c1-6(2-3-7(17)18)4-5-14-9-16-15-8(19-9)10(11,12)13/h6H,2-5H2,1H3,(H,14,16)(H,17,18). The third-order valence-electron chi connectivity index (χ3n) is 2.43. The number of aromatic nitrogens is 2. The average Bonchev–Trinajstić information content (AvgIpc) is 2.74. The summed E-state index contributed by atoms with van der Waals surface area (Å²) in [5, 5.41) is 16.8. The lowest BCUT2D eigenvalue weighted by molar-refractivity contribution is -0.138. The molecule has 1 atom stereocenters. The Hall–Kier alpha value is -1.38. The van der Waals surface area contributed by atoms with Crippen LogP contribution >= 0.6 is 11.3 Å². The van der Waals surface area contributed by atoms with E-state index >= 15 is 0 Å². The van der Waals surface area contributed by atoms with E-state index in [2.05, 4.69) is 15.5 Å². The van der Waals surface area contributed by atoms with Gasteiger partial charge in [0.2, 0.25) is 10.1 Å². The van der Waals surface area contributed by atoms with Gasteiger partial charge in [-0.3, -0.25) is 4.79 Å². The maximum atomic E-state index is 12.3. The van der Waals surface area contributed by atoms with Crippen LogP contribution in [0.2, 0.25) is 0 Å². The SMILES string of the molecule is CC(CCNc1nnc(C(F)(F)F)s1)CCC(=O)O. The second-order valence-corrected chi connectivity index (χ2v) is 5.14. The Bertz CT molecular complexity index is 422. The first-order valence-corrected chi connectivity index (χ1v) is 6.47. The van der Waals surface area contributed by atoms with Crippen LogP contribution in [0.3, 0.4) is 0 Å².